The fraction of sp³-hybridized carbons (Fsp3) is 0.0526. The number of aromatic nitrogens is 4. The van der Waals surface area contributed by atoms with E-state index in [1.807, 2.05) is 60.7 Å². The molecule has 0 aliphatic carbocycles. The molecule has 0 unspecified atom stereocenters. The Bertz CT molecular complexity index is 1080. The zero-order valence-electron chi connectivity index (χ0n) is 14.5. The fourth-order valence-electron chi connectivity index (χ4n) is 2.43. The molecule has 7 nitrogen and oxygen atoms in total. The molecule has 0 aliphatic heterocycles. The second kappa shape index (κ2) is 8.24. The first-order chi connectivity index (χ1) is 13.7. The number of rotatable bonds is 6. The average molecular weight is 409 g/mol. The molecule has 0 atom stereocenters. The number of hydrogen-bond donors (Lipinski definition) is 2. The maximum absolute atomic E-state index is 12.5. The van der Waals surface area contributed by atoms with Gasteiger partial charge >= 0.3 is 0 Å². The third-order valence-electron chi connectivity index (χ3n) is 3.76. The molecule has 0 saturated heterocycles. The average Bonchev–Trinajstić information content (AvgIpc) is 3.34. The lowest BCUT2D eigenvalue weighted by Crippen LogP contribution is -2.13. The second-order valence-electron chi connectivity index (χ2n) is 5.74. The highest BCUT2D eigenvalue weighted by Crippen LogP contribution is 2.29. The standard InChI is InChI=1S/C19H15N5O2S2/c25-15-11-24(14-9-5-2-6-10-14)23-16(15)17(26)20-18-21-22-19(28-18)27-12-13-7-3-1-4-8-13/h1-11,25H,12H2,(H,20,21,26). The quantitative estimate of drug-likeness (QED) is 0.370. The predicted molar refractivity (Wildman–Crippen MR) is 109 cm³/mol. The molecule has 1 amide bonds. The number of hydrogen-bond acceptors (Lipinski definition) is 7. The van der Waals surface area contributed by atoms with Crippen LogP contribution in [0, 0.1) is 0 Å². The van der Waals surface area contributed by atoms with Gasteiger partial charge in [-0.2, -0.15) is 5.10 Å². The molecule has 0 saturated carbocycles. The summed E-state index contributed by atoms with van der Waals surface area (Å²) >= 11 is 2.82. The maximum Gasteiger partial charge on any atom is 0.281 e. The molecular weight excluding hydrogens is 394 g/mol. The predicted octanol–water partition coefficient (Wildman–Crippen LogP) is 3.97. The number of carbonyl (C=O) groups is 1. The van der Waals surface area contributed by atoms with Crippen LogP contribution in [0.15, 0.2) is 71.2 Å². The van der Waals surface area contributed by atoms with Crippen molar-refractivity contribution in [2.24, 2.45) is 0 Å². The summed E-state index contributed by atoms with van der Waals surface area (Å²) in [6.07, 6.45) is 1.39. The summed E-state index contributed by atoms with van der Waals surface area (Å²) in [6.45, 7) is 0. The van der Waals surface area contributed by atoms with Crippen LogP contribution in [0.2, 0.25) is 0 Å². The first-order valence-electron chi connectivity index (χ1n) is 8.35. The molecule has 2 aromatic carbocycles. The highest BCUT2D eigenvalue weighted by Gasteiger charge is 2.19. The van der Waals surface area contributed by atoms with E-state index in [0.29, 0.717) is 5.13 Å². The molecule has 4 rings (SSSR count). The Kier molecular flexibility index (Phi) is 5.36. The zero-order chi connectivity index (χ0) is 19.3. The highest BCUT2D eigenvalue weighted by molar-refractivity contribution is 8.00. The summed E-state index contributed by atoms with van der Waals surface area (Å²) < 4.78 is 2.20. The highest BCUT2D eigenvalue weighted by atomic mass is 32.2. The van der Waals surface area contributed by atoms with E-state index in [1.165, 1.54) is 27.8 Å². The molecule has 2 heterocycles. The molecule has 28 heavy (non-hydrogen) atoms. The van der Waals surface area contributed by atoms with Gasteiger partial charge in [-0.3, -0.25) is 10.1 Å². The van der Waals surface area contributed by atoms with Crippen LogP contribution in [0.4, 0.5) is 5.13 Å². The number of anilines is 1. The van der Waals surface area contributed by atoms with Crippen LogP contribution in [0.1, 0.15) is 16.1 Å². The zero-order valence-corrected chi connectivity index (χ0v) is 16.2. The minimum Gasteiger partial charge on any atom is -0.504 e. The lowest BCUT2D eigenvalue weighted by molar-refractivity contribution is 0.101. The van der Waals surface area contributed by atoms with Crippen LogP contribution in [-0.4, -0.2) is 31.0 Å². The molecular formula is C19H15N5O2S2. The molecule has 0 fully saturated rings. The van der Waals surface area contributed by atoms with E-state index in [0.717, 1.165) is 15.8 Å². The van der Waals surface area contributed by atoms with Crippen molar-refractivity contribution in [2.75, 3.05) is 5.32 Å². The Hall–Kier alpha value is -3.17. The van der Waals surface area contributed by atoms with E-state index in [9.17, 15) is 9.90 Å². The molecule has 0 aliphatic rings. The van der Waals surface area contributed by atoms with E-state index in [4.69, 9.17) is 0 Å². The summed E-state index contributed by atoms with van der Waals surface area (Å²) in [7, 11) is 0. The number of nitrogens with zero attached hydrogens (tertiary/aromatic N) is 4. The molecule has 9 heteroatoms. The van der Waals surface area contributed by atoms with E-state index < -0.39 is 5.91 Å². The fourth-order valence-corrected chi connectivity index (χ4v) is 4.14. The lowest BCUT2D eigenvalue weighted by atomic mass is 10.2. The Morgan fingerprint density at radius 3 is 2.54 bits per heavy atom. The van der Waals surface area contributed by atoms with Gasteiger partial charge in [0.25, 0.3) is 5.91 Å². The van der Waals surface area contributed by atoms with Gasteiger partial charge in [0.2, 0.25) is 5.13 Å². The first kappa shape index (κ1) is 18.2. The lowest BCUT2D eigenvalue weighted by Gasteiger charge is -1.99. The topological polar surface area (TPSA) is 92.9 Å². The van der Waals surface area contributed by atoms with Gasteiger partial charge < -0.3 is 5.11 Å². The number of nitrogens with one attached hydrogen (secondary N) is 1. The SMILES string of the molecule is O=C(Nc1nnc(SCc2ccccc2)s1)c1nn(-c2ccccc2)cc1O. The molecule has 140 valence electrons. The summed E-state index contributed by atoms with van der Waals surface area (Å²) in [5, 5.41) is 25.3. The van der Waals surface area contributed by atoms with Crippen molar-refractivity contribution >= 4 is 34.1 Å². The van der Waals surface area contributed by atoms with E-state index in [1.54, 1.807) is 11.8 Å². The maximum atomic E-state index is 12.5. The number of para-hydroxylation sites is 1. The van der Waals surface area contributed by atoms with Crippen LogP contribution >= 0.6 is 23.1 Å². The Morgan fingerprint density at radius 2 is 1.79 bits per heavy atom. The molecule has 2 aromatic heterocycles. The first-order valence-corrected chi connectivity index (χ1v) is 10.1. The molecule has 4 aromatic rings. The van der Waals surface area contributed by atoms with Crippen molar-refractivity contribution in [3.8, 4) is 11.4 Å². The van der Waals surface area contributed by atoms with Gasteiger partial charge in [0.15, 0.2) is 15.8 Å². The van der Waals surface area contributed by atoms with Crippen LogP contribution in [0.3, 0.4) is 0 Å². The summed E-state index contributed by atoms with van der Waals surface area (Å²) in [4.78, 5) is 12.5. The van der Waals surface area contributed by atoms with Crippen LogP contribution in [-0.2, 0) is 5.75 Å². The molecule has 2 N–H and O–H groups in total. The normalized spacial score (nSPS) is 10.7. The van der Waals surface area contributed by atoms with Crippen LogP contribution in [0.25, 0.3) is 5.69 Å². The van der Waals surface area contributed by atoms with Gasteiger partial charge in [-0.05, 0) is 17.7 Å². The number of carbonyl (C=O) groups excluding carboxylic acids is 1. The van der Waals surface area contributed by atoms with E-state index >= 15 is 0 Å². The summed E-state index contributed by atoms with van der Waals surface area (Å²) in [5.41, 5.74) is 1.86. The van der Waals surface area contributed by atoms with Crippen LogP contribution in [0.5, 0.6) is 5.75 Å². The Labute approximate surface area is 169 Å². The largest absolute Gasteiger partial charge is 0.504 e. The van der Waals surface area contributed by atoms with Gasteiger partial charge in [0.05, 0.1) is 11.9 Å². The van der Waals surface area contributed by atoms with Crippen molar-refractivity contribution in [3.63, 3.8) is 0 Å². The molecule has 0 bridgehead atoms. The van der Waals surface area contributed by atoms with Crippen molar-refractivity contribution in [3.05, 3.63) is 78.1 Å². The molecule has 0 radical (unpaired) electrons. The number of thioether (sulfide) groups is 1. The van der Waals surface area contributed by atoms with E-state index in [-0.39, 0.29) is 11.4 Å². The number of benzene rings is 2. The van der Waals surface area contributed by atoms with Crippen molar-refractivity contribution in [1.82, 2.24) is 20.0 Å². The molecule has 0 spiro atoms. The number of amides is 1. The minimum atomic E-state index is -0.539. The third-order valence-corrected chi connectivity index (χ3v) is 5.81. The van der Waals surface area contributed by atoms with Crippen molar-refractivity contribution in [1.29, 1.82) is 0 Å². The Morgan fingerprint density at radius 1 is 1.07 bits per heavy atom. The third kappa shape index (κ3) is 4.21. The van der Waals surface area contributed by atoms with Gasteiger partial charge in [0.1, 0.15) is 0 Å². The van der Waals surface area contributed by atoms with Gasteiger partial charge in [0, 0.05) is 5.75 Å². The van der Waals surface area contributed by atoms with E-state index in [2.05, 4.69) is 20.6 Å². The number of aromatic hydroxyl groups is 1. The van der Waals surface area contributed by atoms with Gasteiger partial charge in [-0.15, -0.1) is 10.2 Å². The van der Waals surface area contributed by atoms with Crippen molar-refractivity contribution in [2.45, 2.75) is 10.1 Å². The van der Waals surface area contributed by atoms with Gasteiger partial charge in [-0.1, -0.05) is 71.6 Å². The minimum absolute atomic E-state index is 0.0717. The Balaban J connectivity index is 1.42. The summed E-state index contributed by atoms with van der Waals surface area (Å²) in [6, 6.07) is 19.3. The van der Waals surface area contributed by atoms with Crippen LogP contribution < -0.4 is 5.32 Å². The monoisotopic (exact) mass is 409 g/mol. The van der Waals surface area contributed by atoms with Gasteiger partial charge in [-0.25, -0.2) is 4.68 Å². The van der Waals surface area contributed by atoms with Crippen molar-refractivity contribution < 1.29 is 9.90 Å². The second-order valence-corrected chi connectivity index (χ2v) is 7.94. The summed E-state index contributed by atoms with van der Waals surface area (Å²) in [5.74, 6) is 0.0265. The smallest absolute Gasteiger partial charge is 0.281 e.